The highest BCUT2D eigenvalue weighted by molar-refractivity contribution is 7.98. The molecule has 0 saturated heterocycles. The normalized spacial score (nSPS) is 10.7. The number of aryl methyl sites for hydroxylation is 1. The molecule has 0 amide bonds. The monoisotopic (exact) mass is 407 g/mol. The second kappa shape index (κ2) is 7.99. The van der Waals surface area contributed by atoms with Gasteiger partial charge in [-0.2, -0.15) is 4.68 Å². The molecule has 0 radical (unpaired) electrons. The Morgan fingerprint density at radius 1 is 1.15 bits per heavy atom. The first-order chi connectivity index (χ1) is 12.5. The second-order valence-electron chi connectivity index (χ2n) is 5.48. The molecule has 26 heavy (non-hydrogen) atoms. The van der Waals surface area contributed by atoms with E-state index in [0.717, 1.165) is 15.8 Å². The third kappa shape index (κ3) is 4.12. The average Bonchev–Trinajstić information content (AvgIpc) is 2.63. The van der Waals surface area contributed by atoms with Gasteiger partial charge in [0.25, 0.3) is 0 Å². The van der Waals surface area contributed by atoms with E-state index in [1.54, 1.807) is 18.2 Å². The molecule has 0 aliphatic rings. The molecule has 3 N–H and O–H groups in total. The molecular weight excluding hydrogens is 393 g/mol. The van der Waals surface area contributed by atoms with Crippen LogP contribution in [-0.2, 0) is 5.75 Å². The first-order valence-electron chi connectivity index (χ1n) is 7.60. The van der Waals surface area contributed by atoms with Crippen molar-refractivity contribution in [1.82, 2.24) is 14.9 Å². The number of aromatic nitrogens is 3. The van der Waals surface area contributed by atoms with Crippen molar-refractivity contribution in [1.29, 1.82) is 0 Å². The largest absolute Gasteiger partial charge is 0.334 e. The maximum absolute atomic E-state index is 12.4. The van der Waals surface area contributed by atoms with Crippen LogP contribution in [0.15, 0.2) is 52.4 Å². The summed E-state index contributed by atoms with van der Waals surface area (Å²) in [5.41, 5.74) is 2.00. The number of nitrogens with two attached hydrogens (primary N) is 1. The molecule has 0 aliphatic heterocycles. The Morgan fingerprint density at radius 3 is 2.65 bits per heavy atom. The molecular formula is C17H15Cl2N5OS. The van der Waals surface area contributed by atoms with Crippen LogP contribution in [0, 0.1) is 6.92 Å². The number of benzene rings is 2. The standard InChI is InChI=1S/C17H15Cl2N5OS/c1-10-6-7-12(8-14(10)19)21-15-16(25)24(20)17(23-22-15)26-9-11-4-2-3-5-13(11)18/h2-8H,9,20H2,1H3,(H,21,22). The molecule has 0 atom stereocenters. The van der Waals surface area contributed by atoms with Gasteiger partial charge in [0, 0.05) is 21.5 Å². The number of nitrogen functional groups attached to an aromatic ring is 1. The molecule has 3 aromatic rings. The predicted octanol–water partition coefficient (Wildman–Crippen LogP) is 4.00. The third-order valence-corrected chi connectivity index (χ3v) is 5.38. The van der Waals surface area contributed by atoms with E-state index in [1.165, 1.54) is 11.8 Å². The van der Waals surface area contributed by atoms with Crippen LogP contribution in [0.1, 0.15) is 11.1 Å². The average molecular weight is 408 g/mol. The van der Waals surface area contributed by atoms with Gasteiger partial charge >= 0.3 is 5.56 Å². The Balaban J connectivity index is 1.79. The van der Waals surface area contributed by atoms with Crippen LogP contribution < -0.4 is 16.7 Å². The highest BCUT2D eigenvalue weighted by Crippen LogP contribution is 2.25. The van der Waals surface area contributed by atoms with Crippen molar-refractivity contribution in [3.8, 4) is 0 Å². The fourth-order valence-corrected chi connectivity index (χ4v) is 3.45. The van der Waals surface area contributed by atoms with Crippen molar-refractivity contribution in [3.05, 3.63) is 74.0 Å². The Kier molecular flexibility index (Phi) is 5.70. The van der Waals surface area contributed by atoms with Crippen molar-refractivity contribution >= 4 is 46.5 Å². The van der Waals surface area contributed by atoms with E-state index in [9.17, 15) is 4.79 Å². The van der Waals surface area contributed by atoms with Gasteiger partial charge in [-0.05, 0) is 36.2 Å². The maximum atomic E-state index is 12.4. The number of thioether (sulfide) groups is 1. The predicted molar refractivity (Wildman–Crippen MR) is 107 cm³/mol. The zero-order chi connectivity index (χ0) is 18.7. The quantitative estimate of drug-likeness (QED) is 0.490. The molecule has 0 bridgehead atoms. The number of hydrogen-bond acceptors (Lipinski definition) is 6. The number of halogens is 2. The molecule has 6 nitrogen and oxygen atoms in total. The van der Waals surface area contributed by atoms with Crippen molar-refractivity contribution in [2.75, 3.05) is 11.2 Å². The summed E-state index contributed by atoms with van der Waals surface area (Å²) in [6, 6.07) is 12.8. The SMILES string of the molecule is Cc1ccc(Nc2nnc(SCc3ccccc3Cl)n(N)c2=O)cc1Cl. The summed E-state index contributed by atoms with van der Waals surface area (Å²) in [5, 5.41) is 12.4. The zero-order valence-corrected chi connectivity index (χ0v) is 16.1. The zero-order valence-electron chi connectivity index (χ0n) is 13.7. The van der Waals surface area contributed by atoms with Crippen LogP contribution in [0.5, 0.6) is 0 Å². The molecule has 3 rings (SSSR count). The summed E-state index contributed by atoms with van der Waals surface area (Å²) in [6.07, 6.45) is 0. The van der Waals surface area contributed by atoms with Gasteiger partial charge in [0.1, 0.15) is 0 Å². The molecule has 0 unspecified atom stereocenters. The van der Waals surface area contributed by atoms with Crippen molar-refractivity contribution < 1.29 is 0 Å². The molecule has 9 heteroatoms. The highest BCUT2D eigenvalue weighted by Gasteiger charge is 2.12. The fourth-order valence-electron chi connectivity index (χ4n) is 2.13. The van der Waals surface area contributed by atoms with Crippen molar-refractivity contribution in [2.24, 2.45) is 0 Å². The third-order valence-electron chi connectivity index (χ3n) is 3.61. The number of nitrogens with one attached hydrogen (secondary N) is 1. The fraction of sp³-hybridized carbons (Fsp3) is 0.118. The van der Waals surface area contributed by atoms with E-state index in [1.807, 2.05) is 31.2 Å². The smallest absolute Gasteiger partial charge is 0.315 e. The van der Waals surface area contributed by atoms with Gasteiger partial charge < -0.3 is 11.2 Å². The van der Waals surface area contributed by atoms with Crippen LogP contribution in [-0.4, -0.2) is 14.9 Å². The van der Waals surface area contributed by atoms with Crippen LogP contribution in [0.3, 0.4) is 0 Å². The maximum Gasteiger partial charge on any atom is 0.315 e. The minimum atomic E-state index is -0.488. The van der Waals surface area contributed by atoms with Crippen LogP contribution in [0.25, 0.3) is 0 Å². The van der Waals surface area contributed by atoms with Gasteiger partial charge in [-0.15, -0.1) is 10.2 Å². The van der Waals surface area contributed by atoms with E-state index in [-0.39, 0.29) is 5.82 Å². The number of nitrogens with zero attached hydrogens (tertiary/aromatic N) is 3. The Labute approximate surface area is 164 Å². The van der Waals surface area contributed by atoms with Crippen LogP contribution >= 0.6 is 35.0 Å². The lowest BCUT2D eigenvalue weighted by molar-refractivity contribution is 0.705. The van der Waals surface area contributed by atoms with E-state index in [0.29, 0.717) is 26.6 Å². The first kappa shape index (κ1) is 18.6. The number of hydrogen-bond donors (Lipinski definition) is 2. The lowest BCUT2D eigenvalue weighted by atomic mass is 10.2. The summed E-state index contributed by atoms with van der Waals surface area (Å²) in [7, 11) is 0. The Morgan fingerprint density at radius 2 is 1.92 bits per heavy atom. The van der Waals surface area contributed by atoms with Gasteiger partial charge in [0.15, 0.2) is 0 Å². The molecule has 1 aromatic heterocycles. The summed E-state index contributed by atoms with van der Waals surface area (Å²) in [4.78, 5) is 12.4. The number of rotatable bonds is 5. The summed E-state index contributed by atoms with van der Waals surface area (Å²) in [5.74, 6) is 6.42. The Hall–Kier alpha value is -2.22. The van der Waals surface area contributed by atoms with E-state index in [4.69, 9.17) is 29.0 Å². The second-order valence-corrected chi connectivity index (χ2v) is 7.23. The Bertz CT molecular complexity index is 1010. The molecule has 1 heterocycles. The van der Waals surface area contributed by atoms with Gasteiger partial charge in [-0.3, -0.25) is 4.79 Å². The van der Waals surface area contributed by atoms with Gasteiger partial charge in [0.2, 0.25) is 11.0 Å². The minimum Gasteiger partial charge on any atom is -0.334 e. The van der Waals surface area contributed by atoms with Gasteiger partial charge in [-0.25, -0.2) is 0 Å². The molecule has 0 spiro atoms. The lowest BCUT2D eigenvalue weighted by Crippen LogP contribution is -2.32. The van der Waals surface area contributed by atoms with Crippen molar-refractivity contribution in [2.45, 2.75) is 17.8 Å². The molecule has 0 aliphatic carbocycles. The van der Waals surface area contributed by atoms with Crippen LogP contribution in [0.2, 0.25) is 10.0 Å². The summed E-state index contributed by atoms with van der Waals surface area (Å²) in [6.45, 7) is 1.89. The van der Waals surface area contributed by atoms with E-state index in [2.05, 4.69) is 15.5 Å². The van der Waals surface area contributed by atoms with E-state index >= 15 is 0 Å². The van der Waals surface area contributed by atoms with Crippen molar-refractivity contribution in [3.63, 3.8) is 0 Å². The molecule has 2 aromatic carbocycles. The molecule has 0 fully saturated rings. The first-order valence-corrected chi connectivity index (χ1v) is 9.34. The number of anilines is 2. The summed E-state index contributed by atoms with van der Waals surface area (Å²) < 4.78 is 0.965. The highest BCUT2D eigenvalue weighted by atomic mass is 35.5. The van der Waals surface area contributed by atoms with Gasteiger partial charge in [0.05, 0.1) is 0 Å². The lowest BCUT2D eigenvalue weighted by Gasteiger charge is -2.10. The van der Waals surface area contributed by atoms with Crippen LogP contribution in [0.4, 0.5) is 11.5 Å². The summed E-state index contributed by atoms with van der Waals surface area (Å²) >= 11 is 13.5. The molecule has 0 saturated carbocycles. The van der Waals surface area contributed by atoms with Gasteiger partial charge in [-0.1, -0.05) is 59.2 Å². The minimum absolute atomic E-state index is 0.0227. The molecule has 134 valence electrons. The topological polar surface area (TPSA) is 85.8 Å². The van der Waals surface area contributed by atoms with E-state index < -0.39 is 5.56 Å².